The zero-order valence-electron chi connectivity index (χ0n) is 10.6. The van der Waals surface area contributed by atoms with Crippen molar-refractivity contribution in [2.24, 2.45) is 0 Å². The van der Waals surface area contributed by atoms with Gasteiger partial charge >= 0.3 is 9.61 Å². The van der Waals surface area contributed by atoms with Crippen molar-refractivity contribution in [2.45, 2.75) is 17.8 Å². The number of halogens is 3. The van der Waals surface area contributed by atoms with Crippen LogP contribution < -0.4 is 5.69 Å². The molecule has 0 bridgehead atoms. The Morgan fingerprint density at radius 2 is 1.85 bits per heavy atom. The predicted molar refractivity (Wildman–Crippen MR) is 79.7 cm³/mol. The average Bonchev–Trinajstić information content (AvgIpc) is 2.54. The standard InChI is InChI=1S/C12H11Cl2FN2O2S/c1-7-4-3-5-8(2)10(7)17-9(18)6-16(11(17)19)20-12(13,14)15/h3-6,18H,1-2H3. The third-order valence-electron chi connectivity index (χ3n) is 2.71. The number of hydrogen-bond donors (Lipinski definition) is 1. The summed E-state index contributed by atoms with van der Waals surface area (Å²) < 4.78 is 12.5. The highest BCUT2D eigenvalue weighted by atomic mass is 35.5. The van der Waals surface area contributed by atoms with Crippen molar-refractivity contribution in [3.63, 3.8) is 0 Å². The third-order valence-corrected chi connectivity index (χ3v) is 3.79. The molecule has 0 spiro atoms. The number of benzene rings is 1. The van der Waals surface area contributed by atoms with Gasteiger partial charge in [-0.25, -0.2) is 13.3 Å². The maximum absolute atomic E-state index is 13.2. The van der Waals surface area contributed by atoms with Gasteiger partial charge in [0.25, 0.3) is 0 Å². The molecule has 108 valence electrons. The van der Waals surface area contributed by atoms with Crippen LogP contribution in [0.25, 0.3) is 5.69 Å². The Morgan fingerprint density at radius 3 is 2.35 bits per heavy atom. The summed E-state index contributed by atoms with van der Waals surface area (Å²) in [6.45, 7) is 3.61. The lowest BCUT2D eigenvalue weighted by Crippen LogP contribution is -2.23. The Morgan fingerprint density at radius 1 is 1.30 bits per heavy atom. The molecular weight excluding hydrogens is 326 g/mol. The molecule has 4 nitrogen and oxygen atoms in total. The van der Waals surface area contributed by atoms with Crippen LogP contribution in [0, 0.1) is 13.8 Å². The first-order valence-corrected chi connectivity index (χ1v) is 7.10. The summed E-state index contributed by atoms with van der Waals surface area (Å²) in [6.07, 6.45) is 1.07. The van der Waals surface area contributed by atoms with E-state index >= 15 is 0 Å². The SMILES string of the molecule is Cc1cccc(C)c1-n1c(O)cn(SC(F)(Cl)Cl)c1=O. The van der Waals surface area contributed by atoms with E-state index in [4.69, 9.17) is 23.2 Å². The van der Waals surface area contributed by atoms with E-state index in [1.54, 1.807) is 26.0 Å². The van der Waals surface area contributed by atoms with Gasteiger partial charge < -0.3 is 5.11 Å². The fraction of sp³-hybridized carbons (Fsp3) is 0.250. The highest BCUT2D eigenvalue weighted by Gasteiger charge is 2.27. The van der Waals surface area contributed by atoms with Crippen LogP contribution in [-0.4, -0.2) is 17.6 Å². The van der Waals surface area contributed by atoms with E-state index in [9.17, 15) is 14.3 Å². The van der Waals surface area contributed by atoms with E-state index in [0.717, 1.165) is 25.9 Å². The molecule has 0 unspecified atom stereocenters. The predicted octanol–water partition coefficient (Wildman–Crippen LogP) is 3.52. The minimum Gasteiger partial charge on any atom is -0.493 e. The maximum atomic E-state index is 13.2. The molecular formula is C12H11Cl2FN2O2S. The number of aryl methyl sites for hydroxylation is 2. The fourth-order valence-corrected chi connectivity index (χ4v) is 2.94. The zero-order valence-corrected chi connectivity index (χ0v) is 12.9. The molecule has 0 aliphatic rings. The molecule has 0 aliphatic heterocycles. The van der Waals surface area contributed by atoms with Gasteiger partial charge in [-0.1, -0.05) is 41.4 Å². The van der Waals surface area contributed by atoms with Crippen molar-refractivity contribution in [1.29, 1.82) is 0 Å². The van der Waals surface area contributed by atoms with Crippen LogP contribution in [0.1, 0.15) is 11.1 Å². The van der Waals surface area contributed by atoms with E-state index < -0.39 is 9.61 Å². The van der Waals surface area contributed by atoms with Gasteiger partial charge in [0.15, 0.2) is 0 Å². The number of nitrogens with zero attached hydrogens (tertiary/aromatic N) is 2. The Kier molecular flexibility index (Phi) is 4.09. The van der Waals surface area contributed by atoms with Crippen molar-refractivity contribution in [3.8, 4) is 11.6 Å². The van der Waals surface area contributed by atoms with Crippen LogP contribution in [0.2, 0.25) is 0 Å². The smallest absolute Gasteiger partial charge is 0.346 e. The number of aromatic hydroxyl groups is 1. The van der Waals surface area contributed by atoms with Gasteiger partial charge in [-0.05, 0) is 25.0 Å². The molecule has 1 N–H and O–H groups in total. The van der Waals surface area contributed by atoms with Crippen LogP contribution in [-0.2, 0) is 0 Å². The fourth-order valence-electron chi connectivity index (χ4n) is 1.96. The molecule has 0 saturated heterocycles. The van der Waals surface area contributed by atoms with Crippen LogP contribution in [0.3, 0.4) is 0 Å². The van der Waals surface area contributed by atoms with E-state index in [2.05, 4.69) is 0 Å². The second-order valence-electron chi connectivity index (χ2n) is 4.21. The summed E-state index contributed by atoms with van der Waals surface area (Å²) in [7, 11) is 0. The molecule has 2 rings (SSSR count). The number of aromatic nitrogens is 2. The first-order chi connectivity index (χ1) is 9.20. The van der Waals surface area contributed by atoms with E-state index in [0.29, 0.717) is 5.69 Å². The first kappa shape index (κ1) is 15.3. The molecule has 0 amide bonds. The van der Waals surface area contributed by atoms with Gasteiger partial charge in [0.2, 0.25) is 5.88 Å². The van der Waals surface area contributed by atoms with Gasteiger partial charge in [0.05, 0.1) is 11.9 Å². The normalized spacial score (nSPS) is 11.8. The maximum Gasteiger partial charge on any atom is 0.346 e. The van der Waals surface area contributed by atoms with Crippen LogP contribution in [0.5, 0.6) is 5.88 Å². The molecule has 0 fully saturated rings. The topological polar surface area (TPSA) is 47.2 Å². The highest BCUT2D eigenvalue weighted by Crippen LogP contribution is 2.37. The number of imidazole rings is 1. The second-order valence-corrected chi connectivity index (χ2v) is 7.03. The molecule has 0 radical (unpaired) electrons. The van der Waals surface area contributed by atoms with Crippen molar-refractivity contribution in [1.82, 2.24) is 8.54 Å². The number of rotatable bonds is 3. The summed E-state index contributed by atoms with van der Waals surface area (Å²) in [5, 5.41) is 9.93. The molecule has 2 aromatic rings. The van der Waals surface area contributed by atoms with Crippen molar-refractivity contribution in [3.05, 3.63) is 46.0 Å². The number of hydrogen-bond acceptors (Lipinski definition) is 3. The Labute approximate surface area is 128 Å². The molecule has 0 atom stereocenters. The third kappa shape index (κ3) is 2.97. The van der Waals surface area contributed by atoms with Gasteiger partial charge in [-0.3, -0.25) is 0 Å². The quantitative estimate of drug-likeness (QED) is 0.872. The van der Waals surface area contributed by atoms with Gasteiger partial charge in [0.1, 0.15) is 0 Å². The molecule has 1 aromatic carbocycles. The van der Waals surface area contributed by atoms with Crippen molar-refractivity contribution >= 4 is 35.1 Å². The summed E-state index contributed by atoms with van der Waals surface area (Å²) in [6, 6.07) is 5.45. The monoisotopic (exact) mass is 336 g/mol. The highest BCUT2D eigenvalue weighted by molar-refractivity contribution is 8.01. The minimum absolute atomic E-state index is 0.256. The van der Waals surface area contributed by atoms with Crippen molar-refractivity contribution in [2.75, 3.05) is 0 Å². The summed E-state index contributed by atoms with van der Waals surface area (Å²) >= 11 is 10.7. The first-order valence-electron chi connectivity index (χ1n) is 5.57. The Balaban J connectivity index is 2.63. The van der Waals surface area contributed by atoms with Crippen molar-refractivity contribution < 1.29 is 9.50 Å². The van der Waals surface area contributed by atoms with Gasteiger partial charge in [-0.2, -0.15) is 4.39 Å². The summed E-state index contributed by atoms with van der Waals surface area (Å²) in [5.74, 6) is -0.322. The molecule has 8 heteroatoms. The second kappa shape index (κ2) is 5.35. The minimum atomic E-state index is -2.66. The number of para-hydroxylation sites is 1. The molecule has 0 saturated carbocycles. The van der Waals surface area contributed by atoms with E-state index in [1.807, 2.05) is 6.07 Å². The molecule has 1 aromatic heterocycles. The van der Waals surface area contributed by atoms with E-state index in [-0.39, 0.29) is 17.8 Å². The zero-order chi connectivity index (χ0) is 15.1. The lowest BCUT2D eigenvalue weighted by molar-refractivity contribution is 0.440. The van der Waals surface area contributed by atoms with Crippen LogP contribution in [0.15, 0.2) is 29.2 Å². The molecule has 20 heavy (non-hydrogen) atoms. The Hall–Kier alpha value is -1.11. The van der Waals surface area contributed by atoms with Crippen LogP contribution in [0.4, 0.5) is 4.39 Å². The lowest BCUT2D eigenvalue weighted by Gasteiger charge is -2.10. The summed E-state index contributed by atoms with van der Waals surface area (Å²) in [4.78, 5) is 12.2. The van der Waals surface area contributed by atoms with Gasteiger partial charge in [0, 0.05) is 11.9 Å². The Bertz CT molecular complexity index is 686. The van der Waals surface area contributed by atoms with Gasteiger partial charge in [-0.15, -0.1) is 0 Å². The lowest BCUT2D eigenvalue weighted by atomic mass is 10.1. The van der Waals surface area contributed by atoms with Crippen LogP contribution >= 0.6 is 35.1 Å². The van der Waals surface area contributed by atoms with E-state index in [1.165, 1.54) is 0 Å². The largest absolute Gasteiger partial charge is 0.493 e. The molecule has 1 heterocycles. The number of alkyl halides is 3. The summed E-state index contributed by atoms with van der Waals surface area (Å²) in [5.41, 5.74) is 1.50. The average molecular weight is 337 g/mol. The molecule has 0 aliphatic carbocycles.